The average Bonchev–Trinajstić information content (AvgIpc) is 3.55. The second-order valence-electron chi connectivity index (χ2n) is 9.54. The molecule has 1 fully saturated rings. The van der Waals surface area contributed by atoms with E-state index in [-0.39, 0.29) is 0 Å². The van der Waals surface area contributed by atoms with E-state index in [9.17, 15) is 0 Å². The highest BCUT2D eigenvalue weighted by Gasteiger charge is 2.18. The molecular formula is C30H35N7. The van der Waals surface area contributed by atoms with E-state index in [2.05, 4.69) is 85.8 Å². The van der Waals surface area contributed by atoms with E-state index >= 15 is 0 Å². The van der Waals surface area contributed by atoms with Crippen molar-refractivity contribution in [2.75, 3.05) is 18.0 Å². The molecule has 4 aromatic rings. The van der Waals surface area contributed by atoms with Gasteiger partial charge in [0.15, 0.2) is 5.65 Å². The number of rotatable bonds is 9. The largest absolute Gasteiger partial charge is 0.371 e. The zero-order valence-corrected chi connectivity index (χ0v) is 21.8. The van der Waals surface area contributed by atoms with Crippen molar-refractivity contribution in [3.63, 3.8) is 0 Å². The van der Waals surface area contributed by atoms with Gasteiger partial charge in [0.25, 0.3) is 0 Å². The van der Waals surface area contributed by atoms with Gasteiger partial charge in [-0.15, -0.1) is 0 Å². The molecule has 0 bridgehead atoms. The second-order valence-corrected chi connectivity index (χ2v) is 9.54. The molecule has 0 amide bonds. The van der Waals surface area contributed by atoms with Gasteiger partial charge in [0.05, 0.1) is 11.4 Å². The Morgan fingerprint density at radius 1 is 1.16 bits per heavy atom. The molecule has 1 saturated heterocycles. The topological polar surface area (TPSA) is 85.5 Å². The van der Waals surface area contributed by atoms with Crippen LogP contribution in [0.25, 0.3) is 39.0 Å². The minimum atomic E-state index is 0.680. The van der Waals surface area contributed by atoms with Crippen LogP contribution in [0.3, 0.4) is 0 Å². The lowest BCUT2D eigenvalue weighted by Gasteiger charge is -2.29. The maximum Gasteiger partial charge on any atom is 0.181 e. The highest BCUT2D eigenvalue weighted by molar-refractivity contribution is 5.98. The van der Waals surface area contributed by atoms with Gasteiger partial charge in [-0.25, -0.2) is 9.97 Å². The molecule has 0 saturated carbocycles. The molecule has 5 rings (SSSR count). The van der Waals surface area contributed by atoms with Gasteiger partial charge in [-0.1, -0.05) is 32.6 Å². The summed E-state index contributed by atoms with van der Waals surface area (Å²) in [5, 5.41) is 13.2. The van der Waals surface area contributed by atoms with E-state index < -0.39 is 0 Å². The van der Waals surface area contributed by atoms with E-state index in [1.165, 1.54) is 24.9 Å². The van der Waals surface area contributed by atoms with Crippen molar-refractivity contribution in [2.24, 2.45) is 0 Å². The number of H-pyrrole nitrogens is 2. The number of anilines is 1. The minimum Gasteiger partial charge on any atom is -0.371 e. The Morgan fingerprint density at radius 2 is 2.00 bits per heavy atom. The van der Waals surface area contributed by atoms with Crippen molar-refractivity contribution < 1.29 is 0 Å². The van der Waals surface area contributed by atoms with Crippen molar-refractivity contribution in [1.82, 2.24) is 30.5 Å². The number of piperidine rings is 1. The van der Waals surface area contributed by atoms with Crippen LogP contribution >= 0.6 is 0 Å². The van der Waals surface area contributed by atoms with Crippen molar-refractivity contribution >= 4 is 33.3 Å². The molecule has 7 heteroatoms. The molecule has 0 radical (unpaired) electrons. The quantitative estimate of drug-likeness (QED) is 0.222. The number of pyridine rings is 2. The van der Waals surface area contributed by atoms with Crippen LogP contribution in [0.15, 0.2) is 73.4 Å². The van der Waals surface area contributed by atoms with Crippen molar-refractivity contribution in [3.05, 3.63) is 78.9 Å². The Hall–Kier alpha value is -4.13. The molecule has 1 aliphatic rings. The SMILES string of the molecule is C=C/C(=C\C(=C/C)c1cnc2n[nH]c(-c3cc4c(N5CCCCC5)ccnc4[nH]3)c2c1)NC(=C)CCC. The second kappa shape index (κ2) is 10.9. The van der Waals surface area contributed by atoms with Gasteiger partial charge in [-0.3, -0.25) is 5.10 Å². The Morgan fingerprint density at radius 3 is 2.76 bits per heavy atom. The van der Waals surface area contributed by atoms with Gasteiger partial charge in [0.1, 0.15) is 5.65 Å². The highest BCUT2D eigenvalue weighted by Crippen LogP contribution is 2.34. The van der Waals surface area contributed by atoms with Crippen LogP contribution in [0, 0.1) is 0 Å². The maximum atomic E-state index is 4.65. The number of fused-ring (bicyclic) bond motifs is 2. The van der Waals surface area contributed by atoms with Crippen LogP contribution < -0.4 is 10.2 Å². The molecule has 7 nitrogen and oxygen atoms in total. The predicted octanol–water partition coefficient (Wildman–Crippen LogP) is 6.87. The van der Waals surface area contributed by atoms with Gasteiger partial charge in [0.2, 0.25) is 0 Å². The lowest BCUT2D eigenvalue weighted by Crippen LogP contribution is -2.29. The number of nitrogens with one attached hydrogen (secondary N) is 3. The number of nitrogens with zero attached hydrogens (tertiary/aromatic N) is 4. The van der Waals surface area contributed by atoms with Crippen LogP contribution in [0.4, 0.5) is 5.69 Å². The summed E-state index contributed by atoms with van der Waals surface area (Å²) < 4.78 is 0. The molecule has 0 atom stereocenters. The van der Waals surface area contributed by atoms with Crippen molar-refractivity contribution in [3.8, 4) is 11.4 Å². The van der Waals surface area contributed by atoms with E-state index in [1.54, 1.807) is 0 Å². The molecule has 37 heavy (non-hydrogen) atoms. The number of allylic oxidation sites excluding steroid dienone is 5. The van der Waals surface area contributed by atoms with Crippen molar-refractivity contribution in [2.45, 2.75) is 46.0 Å². The van der Waals surface area contributed by atoms with E-state index in [0.717, 1.165) is 76.3 Å². The van der Waals surface area contributed by atoms with Gasteiger partial charge >= 0.3 is 0 Å². The lowest BCUT2D eigenvalue weighted by molar-refractivity contribution is 0.579. The minimum absolute atomic E-state index is 0.680. The molecule has 0 unspecified atom stereocenters. The third kappa shape index (κ3) is 5.07. The number of hydrogen-bond acceptors (Lipinski definition) is 5. The summed E-state index contributed by atoms with van der Waals surface area (Å²) in [5.41, 5.74) is 8.60. The molecular weight excluding hydrogens is 458 g/mol. The molecule has 0 aromatic carbocycles. The average molecular weight is 494 g/mol. The number of aromatic amines is 2. The third-order valence-corrected chi connectivity index (χ3v) is 6.93. The van der Waals surface area contributed by atoms with Gasteiger partial charge in [-0.2, -0.15) is 5.10 Å². The zero-order valence-electron chi connectivity index (χ0n) is 21.8. The summed E-state index contributed by atoms with van der Waals surface area (Å²) in [6.45, 7) is 14.4. The van der Waals surface area contributed by atoms with E-state index in [0.29, 0.717) is 5.65 Å². The molecule has 0 aliphatic carbocycles. The summed E-state index contributed by atoms with van der Waals surface area (Å²) in [6.07, 6.45) is 15.5. The first-order valence-electron chi connectivity index (χ1n) is 13.1. The third-order valence-electron chi connectivity index (χ3n) is 6.93. The van der Waals surface area contributed by atoms with Crippen LogP contribution in [0.1, 0.15) is 51.5 Å². The van der Waals surface area contributed by atoms with Gasteiger partial charge < -0.3 is 15.2 Å². The standard InChI is InChI=1S/C30H35N7/c1-5-11-20(4)33-23(7-3)16-21(6-2)22-17-25-28(35-36-30(25)32-19-22)26-18-24-27(12-13-31-29(24)34-26)37-14-9-8-10-15-37/h6-7,12-13,16-19,33H,3-5,8-11,14-15H2,1-2H3,(H,31,34)(H,32,35,36)/b21-6+,23-16+. The lowest BCUT2D eigenvalue weighted by atomic mass is 10.0. The summed E-state index contributed by atoms with van der Waals surface area (Å²) in [4.78, 5) is 15.2. The Bertz CT molecular complexity index is 1490. The summed E-state index contributed by atoms with van der Waals surface area (Å²) in [5.74, 6) is 0. The first-order valence-corrected chi connectivity index (χ1v) is 13.1. The molecule has 5 heterocycles. The molecule has 190 valence electrons. The fourth-order valence-corrected chi connectivity index (χ4v) is 5.04. The zero-order chi connectivity index (χ0) is 25.8. The van der Waals surface area contributed by atoms with E-state index in [4.69, 9.17) is 0 Å². The summed E-state index contributed by atoms with van der Waals surface area (Å²) >= 11 is 0. The summed E-state index contributed by atoms with van der Waals surface area (Å²) in [7, 11) is 0. The smallest absolute Gasteiger partial charge is 0.181 e. The monoisotopic (exact) mass is 493 g/mol. The fourth-order valence-electron chi connectivity index (χ4n) is 5.04. The molecule has 4 aromatic heterocycles. The van der Waals surface area contributed by atoms with Crippen LogP contribution in [0.5, 0.6) is 0 Å². The maximum absolute atomic E-state index is 4.65. The van der Waals surface area contributed by atoms with Crippen molar-refractivity contribution in [1.29, 1.82) is 0 Å². The molecule has 1 aliphatic heterocycles. The first kappa shape index (κ1) is 24.6. The van der Waals surface area contributed by atoms with Gasteiger partial charge in [0, 0.05) is 58.9 Å². The normalized spacial score (nSPS) is 14.9. The molecule has 3 N–H and O–H groups in total. The van der Waals surface area contributed by atoms with E-state index in [1.807, 2.05) is 25.4 Å². The van der Waals surface area contributed by atoms with Crippen LogP contribution in [-0.2, 0) is 0 Å². The van der Waals surface area contributed by atoms with Crippen LogP contribution in [0.2, 0.25) is 0 Å². The Labute approximate surface area is 218 Å². The number of aromatic nitrogens is 5. The fraction of sp³-hybridized carbons (Fsp3) is 0.300. The van der Waals surface area contributed by atoms with Crippen LogP contribution in [-0.4, -0.2) is 38.2 Å². The number of hydrogen-bond donors (Lipinski definition) is 3. The highest BCUT2D eigenvalue weighted by atomic mass is 15.2. The first-order chi connectivity index (χ1) is 18.1. The molecule has 0 spiro atoms. The van der Waals surface area contributed by atoms with Gasteiger partial charge in [-0.05, 0) is 68.5 Å². The summed E-state index contributed by atoms with van der Waals surface area (Å²) in [6, 6.07) is 6.45. The Kier molecular flexibility index (Phi) is 7.21. The Balaban J connectivity index is 1.51. The predicted molar refractivity (Wildman–Crippen MR) is 154 cm³/mol.